The van der Waals surface area contributed by atoms with Crippen molar-refractivity contribution in [1.29, 1.82) is 0 Å². The van der Waals surface area contributed by atoms with E-state index >= 15 is 0 Å². The molecule has 1 saturated heterocycles. The third-order valence-electron chi connectivity index (χ3n) is 8.27. The number of ether oxygens (including phenoxy) is 1. The number of aromatic nitrogens is 2. The summed E-state index contributed by atoms with van der Waals surface area (Å²) in [6, 6.07) is 15.6. The van der Waals surface area contributed by atoms with Gasteiger partial charge >= 0.3 is 0 Å². The summed E-state index contributed by atoms with van der Waals surface area (Å²) in [5, 5.41) is 5.19. The third kappa shape index (κ3) is 4.92. The number of nitrogens with zero attached hydrogens (tertiary/aromatic N) is 4. The molecule has 3 aromatic rings. The lowest BCUT2D eigenvalue weighted by atomic mass is 9.97. The molecule has 6 rings (SSSR count). The number of hydrogen-bond donors (Lipinski definition) is 0. The lowest BCUT2D eigenvalue weighted by Crippen LogP contribution is -2.47. The van der Waals surface area contributed by atoms with E-state index in [0.29, 0.717) is 5.41 Å². The number of allylic oxidation sites excluding steroid dienone is 2. The normalized spacial score (nSPS) is 20.2. The summed E-state index contributed by atoms with van der Waals surface area (Å²) in [6.07, 6.45) is 17.5. The first-order valence-electron chi connectivity index (χ1n) is 13.8. The molecule has 5 heteroatoms. The van der Waals surface area contributed by atoms with Crippen LogP contribution in [0, 0.1) is 19.3 Å². The van der Waals surface area contributed by atoms with E-state index in [0.717, 1.165) is 49.5 Å². The van der Waals surface area contributed by atoms with Crippen LogP contribution in [0.1, 0.15) is 61.8 Å². The predicted octanol–water partition coefficient (Wildman–Crippen LogP) is 7.25. The van der Waals surface area contributed by atoms with Crippen LogP contribution in [0.25, 0.3) is 11.8 Å². The van der Waals surface area contributed by atoms with Gasteiger partial charge in [-0.1, -0.05) is 29.8 Å². The number of anilines is 1. The Kier molecular flexibility index (Phi) is 6.31. The number of hydrogen-bond acceptors (Lipinski definition) is 4. The van der Waals surface area contributed by atoms with Crippen LogP contribution in [0.3, 0.4) is 0 Å². The Bertz CT molecular complexity index is 1330. The van der Waals surface area contributed by atoms with E-state index in [9.17, 15) is 0 Å². The number of benzene rings is 2. The maximum Gasteiger partial charge on any atom is 0.143 e. The van der Waals surface area contributed by atoms with Crippen molar-refractivity contribution >= 4 is 11.8 Å². The van der Waals surface area contributed by atoms with E-state index < -0.39 is 0 Å². The minimum atomic E-state index is 0.490. The van der Waals surface area contributed by atoms with Crippen LogP contribution < -0.4 is 9.75 Å². The van der Waals surface area contributed by atoms with Gasteiger partial charge in [-0.15, -0.1) is 0 Å². The van der Waals surface area contributed by atoms with Crippen molar-refractivity contribution in [3.8, 4) is 11.4 Å². The molecule has 0 bridgehead atoms. The molecule has 0 N–H and O–H groups in total. The zero-order chi connectivity index (χ0) is 25.4. The van der Waals surface area contributed by atoms with Crippen molar-refractivity contribution in [3.63, 3.8) is 0 Å². The molecule has 1 aliphatic carbocycles. The summed E-state index contributed by atoms with van der Waals surface area (Å²) in [4.78, 5) is 4.38. The van der Waals surface area contributed by atoms with Gasteiger partial charge in [0.2, 0.25) is 0 Å². The van der Waals surface area contributed by atoms with Crippen molar-refractivity contribution in [2.24, 2.45) is 5.41 Å². The summed E-state index contributed by atoms with van der Waals surface area (Å²) in [6.45, 7) is 6.36. The Morgan fingerprint density at radius 2 is 1.81 bits per heavy atom. The van der Waals surface area contributed by atoms with E-state index in [1.807, 2.05) is 24.0 Å². The van der Waals surface area contributed by atoms with E-state index in [4.69, 9.17) is 4.74 Å². The third-order valence-corrected chi connectivity index (χ3v) is 8.27. The SMILES string of the molecule is COc1cc(C=C2CCCN3C2=CCCCC2(CC2)CN3c2ccc(C)cc2)ccc1-n1cnc(C)c1. The van der Waals surface area contributed by atoms with Crippen molar-refractivity contribution in [2.45, 2.75) is 58.8 Å². The molecule has 192 valence electrons. The monoisotopic (exact) mass is 494 g/mol. The van der Waals surface area contributed by atoms with Crippen LogP contribution in [-0.4, -0.2) is 34.8 Å². The first kappa shape index (κ1) is 23.9. The van der Waals surface area contributed by atoms with Crippen LogP contribution in [0.5, 0.6) is 5.75 Å². The molecule has 37 heavy (non-hydrogen) atoms. The Balaban J connectivity index is 1.36. The molecule has 2 fully saturated rings. The Morgan fingerprint density at radius 3 is 2.54 bits per heavy atom. The van der Waals surface area contributed by atoms with Crippen LogP contribution in [0.2, 0.25) is 0 Å². The van der Waals surface area contributed by atoms with Crippen LogP contribution in [0.4, 0.5) is 5.69 Å². The topological polar surface area (TPSA) is 33.5 Å². The molecular formula is C32H38N4O. The highest BCUT2D eigenvalue weighted by Crippen LogP contribution is 2.52. The lowest BCUT2D eigenvalue weighted by molar-refractivity contribution is 0.268. The average Bonchev–Trinajstić information content (AvgIpc) is 3.52. The van der Waals surface area contributed by atoms with Gasteiger partial charge in [0.1, 0.15) is 5.75 Å². The molecule has 1 saturated carbocycles. The molecule has 0 unspecified atom stereocenters. The van der Waals surface area contributed by atoms with Gasteiger partial charge in [-0.05, 0) is 106 Å². The summed E-state index contributed by atoms with van der Waals surface area (Å²) < 4.78 is 7.83. The fraction of sp³-hybridized carbons (Fsp3) is 0.406. The van der Waals surface area contributed by atoms with Gasteiger partial charge < -0.3 is 9.30 Å². The van der Waals surface area contributed by atoms with Crippen molar-refractivity contribution in [3.05, 3.63) is 89.2 Å². The number of aryl methyl sites for hydroxylation is 2. The van der Waals surface area contributed by atoms with Gasteiger partial charge in [0.05, 0.1) is 36.2 Å². The molecule has 0 atom stereocenters. The zero-order valence-electron chi connectivity index (χ0n) is 22.4. The fourth-order valence-corrected chi connectivity index (χ4v) is 5.95. The first-order chi connectivity index (χ1) is 18.0. The van der Waals surface area contributed by atoms with Crippen LogP contribution >= 0.6 is 0 Å². The fourth-order valence-electron chi connectivity index (χ4n) is 5.95. The molecule has 1 aromatic heterocycles. The largest absolute Gasteiger partial charge is 0.495 e. The lowest BCUT2D eigenvalue weighted by Gasteiger charge is -2.44. The molecule has 2 aromatic carbocycles. The summed E-state index contributed by atoms with van der Waals surface area (Å²) in [7, 11) is 1.75. The van der Waals surface area contributed by atoms with E-state index in [1.54, 1.807) is 7.11 Å². The highest BCUT2D eigenvalue weighted by atomic mass is 16.5. The molecule has 0 amide bonds. The number of hydrazine groups is 1. The summed E-state index contributed by atoms with van der Waals surface area (Å²) in [5.41, 5.74) is 9.10. The van der Waals surface area contributed by atoms with E-state index in [2.05, 4.69) is 76.5 Å². The van der Waals surface area contributed by atoms with Gasteiger partial charge in [-0.25, -0.2) is 4.98 Å². The standard InChI is InChI=1S/C32H38N4O/c1-24-9-12-28(13-10-24)36-22-32(16-17-32)15-5-4-8-29-27(7-6-18-35(29)36)19-26-11-14-30(31(20-26)37-3)34-21-25(2)33-23-34/h8-14,19-21,23H,4-7,15-18,22H2,1-3H3. The van der Waals surface area contributed by atoms with E-state index in [-0.39, 0.29) is 0 Å². The minimum absolute atomic E-state index is 0.490. The highest BCUT2D eigenvalue weighted by molar-refractivity contribution is 5.64. The number of piperidine rings is 1. The maximum atomic E-state index is 5.80. The van der Waals surface area contributed by atoms with Gasteiger partial charge in [-0.3, -0.25) is 10.0 Å². The molecular weight excluding hydrogens is 456 g/mol. The molecule has 5 nitrogen and oxygen atoms in total. The number of rotatable bonds is 4. The highest BCUT2D eigenvalue weighted by Gasteiger charge is 2.45. The van der Waals surface area contributed by atoms with Crippen molar-refractivity contribution in [1.82, 2.24) is 14.6 Å². The Hall–Kier alpha value is -3.47. The predicted molar refractivity (Wildman–Crippen MR) is 151 cm³/mol. The zero-order valence-corrected chi connectivity index (χ0v) is 22.4. The molecule has 3 heterocycles. The second kappa shape index (κ2) is 9.77. The maximum absolute atomic E-state index is 5.80. The van der Waals surface area contributed by atoms with Gasteiger partial charge in [0.15, 0.2) is 0 Å². The molecule has 0 radical (unpaired) electrons. The van der Waals surface area contributed by atoms with Gasteiger partial charge in [0.25, 0.3) is 0 Å². The summed E-state index contributed by atoms with van der Waals surface area (Å²) >= 11 is 0. The van der Waals surface area contributed by atoms with Crippen molar-refractivity contribution < 1.29 is 4.74 Å². The smallest absolute Gasteiger partial charge is 0.143 e. The Labute approximate surface area is 221 Å². The van der Waals surface area contributed by atoms with Crippen LogP contribution in [0.15, 0.2) is 72.3 Å². The number of fused-ring (bicyclic) bond motifs is 1. The molecule has 3 aliphatic rings. The van der Waals surface area contributed by atoms with Gasteiger partial charge in [0, 0.05) is 19.3 Å². The quantitative estimate of drug-likeness (QED) is 0.383. The second-order valence-corrected chi connectivity index (χ2v) is 11.1. The first-order valence-corrected chi connectivity index (χ1v) is 13.8. The molecule has 1 spiro atoms. The number of imidazole rings is 1. The van der Waals surface area contributed by atoms with Crippen LogP contribution in [-0.2, 0) is 0 Å². The summed E-state index contributed by atoms with van der Waals surface area (Å²) in [5.74, 6) is 0.861. The molecule has 2 aliphatic heterocycles. The van der Waals surface area contributed by atoms with Gasteiger partial charge in [-0.2, -0.15) is 0 Å². The Morgan fingerprint density at radius 1 is 0.973 bits per heavy atom. The van der Waals surface area contributed by atoms with E-state index in [1.165, 1.54) is 53.8 Å². The number of methoxy groups -OCH3 is 1. The minimum Gasteiger partial charge on any atom is -0.495 e. The second-order valence-electron chi connectivity index (χ2n) is 11.1. The average molecular weight is 495 g/mol. The van der Waals surface area contributed by atoms with Crippen molar-refractivity contribution in [2.75, 3.05) is 25.2 Å².